The number of hydrogen-bond acceptors (Lipinski definition) is 4. The molecule has 0 spiro atoms. The van der Waals surface area contributed by atoms with Crippen molar-refractivity contribution in [3.8, 4) is 16.9 Å². The molecule has 1 aliphatic heterocycles. The summed E-state index contributed by atoms with van der Waals surface area (Å²) in [6.45, 7) is 5.55. The highest BCUT2D eigenvalue weighted by molar-refractivity contribution is 6.02. The van der Waals surface area contributed by atoms with E-state index in [-0.39, 0.29) is 11.4 Å². The molecule has 3 aromatic rings. The second-order valence-corrected chi connectivity index (χ2v) is 8.61. The molecule has 0 saturated heterocycles. The lowest BCUT2D eigenvalue weighted by atomic mass is 9.93. The van der Waals surface area contributed by atoms with E-state index in [1.54, 1.807) is 26.2 Å². The largest absolute Gasteiger partial charge is 0.496 e. The van der Waals surface area contributed by atoms with E-state index in [2.05, 4.69) is 10.6 Å². The fourth-order valence-corrected chi connectivity index (χ4v) is 4.41. The SMILES string of the molecule is COc1ccc(C2NC(C)=C(C(=O)Nc3cccc(C(F)(F)F)c3)[N+]2=O)cc1-c1c(C)cccc1C. The van der Waals surface area contributed by atoms with Gasteiger partial charge in [-0.2, -0.15) is 13.2 Å². The Kier molecular flexibility index (Phi) is 6.58. The molecule has 9 heteroatoms. The van der Waals surface area contributed by atoms with Crippen LogP contribution < -0.4 is 15.4 Å². The van der Waals surface area contributed by atoms with Crippen LogP contribution in [0.4, 0.5) is 18.9 Å². The van der Waals surface area contributed by atoms with Crippen molar-refractivity contribution in [2.24, 2.45) is 0 Å². The number of carbonyl (C=O) groups is 1. The third kappa shape index (κ3) is 4.68. The average molecular weight is 497 g/mol. The summed E-state index contributed by atoms with van der Waals surface area (Å²) in [5.74, 6) is -0.168. The molecule has 1 aliphatic rings. The Morgan fingerprint density at radius 1 is 1.00 bits per heavy atom. The second-order valence-electron chi connectivity index (χ2n) is 8.61. The Morgan fingerprint density at radius 3 is 2.31 bits per heavy atom. The third-order valence-electron chi connectivity index (χ3n) is 6.12. The van der Waals surface area contributed by atoms with Gasteiger partial charge in [0.25, 0.3) is 0 Å². The van der Waals surface area contributed by atoms with Crippen LogP contribution in [0, 0.1) is 18.8 Å². The lowest BCUT2D eigenvalue weighted by Gasteiger charge is -2.16. The maximum Gasteiger partial charge on any atom is 0.416 e. The first-order chi connectivity index (χ1) is 17.0. The van der Waals surface area contributed by atoms with Gasteiger partial charge in [0.15, 0.2) is 0 Å². The molecule has 0 saturated carbocycles. The van der Waals surface area contributed by atoms with Crippen molar-refractivity contribution in [2.75, 3.05) is 12.4 Å². The maximum absolute atomic E-state index is 13.2. The van der Waals surface area contributed by atoms with Crippen LogP contribution in [0.15, 0.2) is 72.1 Å². The molecule has 0 fully saturated rings. The number of rotatable bonds is 5. The summed E-state index contributed by atoms with van der Waals surface area (Å²) in [5.41, 5.74) is 3.62. The maximum atomic E-state index is 13.2. The number of hydrogen-bond donors (Lipinski definition) is 2. The van der Waals surface area contributed by atoms with Crippen LogP contribution in [0.5, 0.6) is 5.75 Å². The number of methoxy groups -OCH3 is 1. The van der Waals surface area contributed by atoms with E-state index in [9.17, 15) is 22.9 Å². The van der Waals surface area contributed by atoms with Crippen molar-refractivity contribution in [3.63, 3.8) is 0 Å². The quantitative estimate of drug-likeness (QED) is 0.410. The van der Waals surface area contributed by atoms with Crippen LogP contribution in [0.2, 0.25) is 0 Å². The number of amides is 1. The molecule has 0 radical (unpaired) electrons. The molecular weight excluding hydrogens is 471 g/mol. The first-order valence-electron chi connectivity index (χ1n) is 11.2. The van der Waals surface area contributed by atoms with Crippen molar-refractivity contribution in [3.05, 3.63) is 99.2 Å². The highest BCUT2D eigenvalue weighted by Crippen LogP contribution is 2.38. The predicted octanol–water partition coefficient (Wildman–Crippen LogP) is 6.25. The molecule has 2 N–H and O–H groups in total. The summed E-state index contributed by atoms with van der Waals surface area (Å²) in [4.78, 5) is 26.1. The zero-order valence-corrected chi connectivity index (χ0v) is 20.2. The Morgan fingerprint density at radius 2 is 1.67 bits per heavy atom. The van der Waals surface area contributed by atoms with Crippen LogP contribution >= 0.6 is 0 Å². The molecule has 0 bridgehead atoms. The van der Waals surface area contributed by atoms with Crippen LogP contribution in [-0.2, 0) is 11.0 Å². The minimum absolute atomic E-state index is 0.0614. The van der Waals surface area contributed by atoms with Crippen LogP contribution in [-0.4, -0.2) is 17.8 Å². The van der Waals surface area contributed by atoms with E-state index < -0.39 is 23.8 Å². The van der Waals surface area contributed by atoms with Crippen molar-refractivity contribution in [2.45, 2.75) is 33.1 Å². The summed E-state index contributed by atoms with van der Waals surface area (Å²) < 4.78 is 45.2. The first-order valence-corrected chi connectivity index (χ1v) is 11.2. The molecule has 0 aliphatic carbocycles. The van der Waals surface area contributed by atoms with Gasteiger partial charge in [0.1, 0.15) is 5.75 Å². The molecule has 1 unspecified atom stereocenters. The van der Waals surface area contributed by atoms with Gasteiger partial charge in [0, 0.05) is 21.7 Å². The molecular formula is C27H25F3N3O3+. The van der Waals surface area contributed by atoms with Gasteiger partial charge in [-0.1, -0.05) is 24.3 Å². The number of allylic oxidation sites excluding steroid dienone is 1. The number of ether oxygens (including phenoxy) is 1. The number of alkyl halides is 3. The molecule has 1 amide bonds. The number of anilines is 1. The van der Waals surface area contributed by atoms with Gasteiger partial charge in [-0.15, -0.1) is 0 Å². The van der Waals surface area contributed by atoms with Gasteiger partial charge in [0.05, 0.1) is 23.1 Å². The van der Waals surface area contributed by atoms with E-state index in [0.29, 0.717) is 21.8 Å². The smallest absolute Gasteiger partial charge is 0.416 e. The van der Waals surface area contributed by atoms with Crippen molar-refractivity contribution in [1.82, 2.24) is 5.32 Å². The highest BCUT2D eigenvalue weighted by Gasteiger charge is 2.45. The van der Waals surface area contributed by atoms with Gasteiger partial charge < -0.3 is 15.4 Å². The van der Waals surface area contributed by atoms with Gasteiger partial charge in [-0.25, -0.2) is 0 Å². The third-order valence-corrected chi connectivity index (χ3v) is 6.12. The summed E-state index contributed by atoms with van der Waals surface area (Å²) >= 11 is 0. The van der Waals surface area contributed by atoms with Crippen LogP contribution in [0.1, 0.15) is 35.3 Å². The van der Waals surface area contributed by atoms with Crippen molar-refractivity contribution < 1.29 is 27.5 Å². The monoisotopic (exact) mass is 496 g/mol. The Hall–Kier alpha value is -4.14. The molecule has 3 aromatic carbocycles. The molecule has 36 heavy (non-hydrogen) atoms. The topological polar surface area (TPSA) is 70.4 Å². The standard InChI is InChI=1S/C27H24F3N3O3/c1-15-7-5-8-16(2)23(15)21-13-18(11-12-22(21)36-4)25-31-17(3)24(33(25)35)26(34)32-20-10-6-9-19(14-20)27(28,29)30/h5-14,25H,1-4H3,(H-,31,32,34,35)/p+1. The average Bonchev–Trinajstić information content (AvgIpc) is 3.12. The number of carbonyl (C=O) groups excluding carboxylic acids is 1. The zero-order chi connectivity index (χ0) is 26.2. The van der Waals surface area contributed by atoms with Gasteiger partial charge >= 0.3 is 23.9 Å². The normalized spacial score (nSPS) is 15.6. The summed E-state index contributed by atoms with van der Waals surface area (Å²) in [7, 11) is 1.57. The van der Waals surface area contributed by atoms with Crippen molar-refractivity contribution in [1.29, 1.82) is 0 Å². The number of aryl methyl sites for hydroxylation is 2. The Balaban J connectivity index is 1.63. The summed E-state index contributed by atoms with van der Waals surface area (Å²) in [6, 6.07) is 15.5. The van der Waals surface area contributed by atoms with E-state index in [1.165, 1.54) is 12.1 Å². The number of benzene rings is 3. The van der Waals surface area contributed by atoms with Gasteiger partial charge in [-0.05, 0) is 73.9 Å². The fourth-order valence-electron chi connectivity index (χ4n) is 4.41. The van der Waals surface area contributed by atoms with Gasteiger partial charge in [0.2, 0.25) is 0 Å². The zero-order valence-electron chi connectivity index (χ0n) is 20.2. The van der Waals surface area contributed by atoms with Crippen LogP contribution in [0.25, 0.3) is 11.1 Å². The van der Waals surface area contributed by atoms with E-state index >= 15 is 0 Å². The fraction of sp³-hybridized carbons (Fsp3) is 0.222. The lowest BCUT2D eigenvalue weighted by molar-refractivity contribution is -0.534. The first kappa shape index (κ1) is 25.0. The second kappa shape index (κ2) is 9.49. The van der Waals surface area contributed by atoms with Crippen LogP contribution in [0.3, 0.4) is 0 Å². The predicted molar refractivity (Wildman–Crippen MR) is 130 cm³/mol. The molecule has 0 aromatic heterocycles. The Labute approximate surface area is 206 Å². The lowest BCUT2D eigenvalue weighted by Crippen LogP contribution is -2.24. The minimum atomic E-state index is -4.55. The number of nitrogens with zero attached hydrogens (tertiary/aromatic N) is 1. The molecule has 4 rings (SSSR count). The Bertz CT molecular complexity index is 1380. The van der Waals surface area contributed by atoms with E-state index in [0.717, 1.165) is 34.4 Å². The van der Waals surface area contributed by atoms with Crippen molar-refractivity contribution >= 4 is 11.6 Å². The number of nitrogens with one attached hydrogen (secondary N) is 2. The highest BCUT2D eigenvalue weighted by atomic mass is 19.4. The number of nitroso groups, excluding NO2 is 1. The molecule has 6 nitrogen and oxygen atoms in total. The minimum Gasteiger partial charge on any atom is -0.496 e. The van der Waals surface area contributed by atoms with Gasteiger partial charge in [-0.3, -0.25) is 4.79 Å². The molecule has 1 atom stereocenters. The van der Waals surface area contributed by atoms with E-state index in [1.807, 2.05) is 38.1 Å². The van der Waals surface area contributed by atoms with E-state index in [4.69, 9.17) is 4.74 Å². The summed E-state index contributed by atoms with van der Waals surface area (Å²) in [5, 5.41) is 5.43. The molecule has 186 valence electrons. The molecule has 1 heterocycles. The summed E-state index contributed by atoms with van der Waals surface area (Å²) in [6.07, 6.45) is -5.46. The number of halogens is 3.